The van der Waals surface area contributed by atoms with Crippen molar-refractivity contribution in [3.05, 3.63) is 40.5 Å². The van der Waals surface area contributed by atoms with Gasteiger partial charge in [0, 0.05) is 20.1 Å². The van der Waals surface area contributed by atoms with Crippen LogP contribution in [0.25, 0.3) is 0 Å². The van der Waals surface area contributed by atoms with Gasteiger partial charge in [0.25, 0.3) is 5.91 Å². The standard InChI is InChI=1S/C14H17FN4OS/c1-3-19(2)14-18-12(16)11(21-14)13(20)17-8-9-5-4-6-10(15)7-9/h4-7H,3,8,16H2,1-2H3,(H,17,20). The van der Waals surface area contributed by atoms with E-state index in [1.165, 1.54) is 23.5 Å². The van der Waals surface area contributed by atoms with Crippen molar-refractivity contribution in [2.45, 2.75) is 13.5 Å². The summed E-state index contributed by atoms with van der Waals surface area (Å²) in [6, 6.07) is 6.09. The number of rotatable bonds is 5. The molecule has 1 heterocycles. The third-order valence-corrected chi connectivity index (χ3v) is 4.18. The lowest BCUT2D eigenvalue weighted by atomic mass is 10.2. The lowest BCUT2D eigenvalue weighted by Crippen LogP contribution is -2.22. The minimum absolute atomic E-state index is 0.215. The van der Waals surface area contributed by atoms with E-state index in [0.717, 1.165) is 6.54 Å². The first-order valence-corrected chi connectivity index (χ1v) is 7.33. The van der Waals surface area contributed by atoms with Crippen LogP contribution in [0.3, 0.4) is 0 Å². The fourth-order valence-corrected chi connectivity index (χ4v) is 2.62. The molecule has 0 bridgehead atoms. The fourth-order valence-electron chi connectivity index (χ4n) is 1.69. The Bertz CT molecular complexity index is 644. The quantitative estimate of drug-likeness (QED) is 0.889. The molecule has 0 radical (unpaired) electrons. The first-order chi connectivity index (χ1) is 10.0. The van der Waals surface area contributed by atoms with Crippen LogP contribution in [0.2, 0.25) is 0 Å². The molecule has 112 valence electrons. The number of hydrogen-bond donors (Lipinski definition) is 2. The zero-order valence-corrected chi connectivity index (χ0v) is 12.7. The Balaban J connectivity index is 2.05. The molecule has 1 aromatic carbocycles. The van der Waals surface area contributed by atoms with E-state index < -0.39 is 0 Å². The minimum Gasteiger partial charge on any atom is -0.382 e. The highest BCUT2D eigenvalue weighted by Crippen LogP contribution is 2.27. The van der Waals surface area contributed by atoms with Crippen molar-refractivity contribution >= 4 is 28.2 Å². The number of aromatic nitrogens is 1. The second-order valence-corrected chi connectivity index (χ2v) is 5.52. The smallest absolute Gasteiger partial charge is 0.265 e. The van der Waals surface area contributed by atoms with E-state index in [4.69, 9.17) is 5.73 Å². The predicted molar refractivity (Wildman–Crippen MR) is 83.0 cm³/mol. The van der Waals surface area contributed by atoms with E-state index in [0.29, 0.717) is 15.6 Å². The number of carbonyl (C=O) groups excluding carboxylic acids is 1. The fraction of sp³-hybridized carbons (Fsp3) is 0.286. The minimum atomic E-state index is -0.328. The Morgan fingerprint density at radius 3 is 2.95 bits per heavy atom. The van der Waals surface area contributed by atoms with E-state index in [1.54, 1.807) is 12.1 Å². The molecular formula is C14H17FN4OS. The molecule has 0 saturated heterocycles. The van der Waals surface area contributed by atoms with Crippen LogP contribution in [0, 0.1) is 5.82 Å². The van der Waals surface area contributed by atoms with Crippen LogP contribution in [-0.4, -0.2) is 24.5 Å². The van der Waals surface area contributed by atoms with Gasteiger partial charge in [-0.3, -0.25) is 4.79 Å². The van der Waals surface area contributed by atoms with Gasteiger partial charge in [-0.2, -0.15) is 0 Å². The summed E-state index contributed by atoms with van der Waals surface area (Å²) in [5.74, 6) is -0.414. The van der Waals surface area contributed by atoms with Crippen LogP contribution in [0.4, 0.5) is 15.3 Å². The molecule has 0 unspecified atom stereocenters. The summed E-state index contributed by atoms with van der Waals surface area (Å²) < 4.78 is 13.1. The number of halogens is 1. The summed E-state index contributed by atoms with van der Waals surface area (Å²) >= 11 is 1.24. The highest BCUT2D eigenvalue weighted by molar-refractivity contribution is 7.18. The number of nitrogen functional groups attached to an aromatic ring is 1. The number of nitrogens with one attached hydrogen (secondary N) is 1. The zero-order chi connectivity index (χ0) is 15.4. The lowest BCUT2D eigenvalue weighted by molar-refractivity contribution is 0.0955. The van der Waals surface area contributed by atoms with Gasteiger partial charge in [0.1, 0.15) is 16.5 Å². The number of nitrogens with two attached hydrogens (primary N) is 1. The number of anilines is 2. The van der Waals surface area contributed by atoms with Gasteiger partial charge in [0.05, 0.1) is 0 Å². The molecule has 0 aliphatic carbocycles. The molecule has 0 spiro atoms. The molecule has 7 heteroatoms. The average Bonchev–Trinajstić information content (AvgIpc) is 2.86. The Kier molecular flexibility index (Phi) is 4.74. The molecular weight excluding hydrogens is 291 g/mol. The van der Waals surface area contributed by atoms with Crippen LogP contribution in [0.15, 0.2) is 24.3 Å². The number of nitrogens with zero attached hydrogens (tertiary/aromatic N) is 2. The van der Waals surface area contributed by atoms with Gasteiger partial charge in [0.2, 0.25) is 0 Å². The zero-order valence-electron chi connectivity index (χ0n) is 11.9. The van der Waals surface area contributed by atoms with Gasteiger partial charge in [-0.15, -0.1) is 0 Å². The molecule has 0 fully saturated rings. The van der Waals surface area contributed by atoms with Crippen LogP contribution < -0.4 is 16.0 Å². The van der Waals surface area contributed by atoms with Gasteiger partial charge < -0.3 is 16.0 Å². The number of thiazole rings is 1. The summed E-state index contributed by atoms with van der Waals surface area (Å²) in [4.78, 5) is 18.6. The molecule has 3 N–H and O–H groups in total. The molecule has 0 aliphatic heterocycles. The molecule has 2 rings (SSSR count). The second kappa shape index (κ2) is 6.53. The molecule has 21 heavy (non-hydrogen) atoms. The highest BCUT2D eigenvalue weighted by atomic mass is 32.1. The molecule has 0 saturated carbocycles. The van der Waals surface area contributed by atoms with Crippen molar-refractivity contribution in [2.75, 3.05) is 24.2 Å². The van der Waals surface area contributed by atoms with Gasteiger partial charge >= 0.3 is 0 Å². The van der Waals surface area contributed by atoms with E-state index >= 15 is 0 Å². The monoisotopic (exact) mass is 308 g/mol. The van der Waals surface area contributed by atoms with Crippen LogP contribution in [0.5, 0.6) is 0 Å². The molecule has 0 atom stereocenters. The van der Waals surface area contributed by atoms with E-state index in [-0.39, 0.29) is 24.1 Å². The Morgan fingerprint density at radius 1 is 1.52 bits per heavy atom. The summed E-state index contributed by atoms with van der Waals surface area (Å²) in [5, 5.41) is 3.42. The molecule has 0 aliphatic rings. The van der Waals surface area contributed by atoms with Crippen molar-refractivity contribution in [3.8, 4) is 0 Å². The molecule has 5 nitrogen and oxygen atoms in total. The number of carbonyl (C=O) groups is 1. The first kappa shape index (κ1) is 15.2. The van der Waals surface area contributed by atoms with E-state index in [1.807, 2.05) is 18.9 Å². The summed E-state index contributed by atoms with van der Waals surface area (Å²) in [6.45, 7) is 3.01. The Labute approximate surface area is 126 Å². The number of hydrogen-bond acceptors (Lipinski definition) is 5. The van der Waals surface area contributed by atoms with Crippen molar-refractivity contribution in [1.82, 2.24) is 10.3 Å². The predicted octanol–water partition coefficient (Wildman–Crippen LogP) is 2.25. The van der Waals surface area contributed by atoms with Gasteiger partial charge in [-0.25, -0.2) is 9.37 Å². The van der Waals surface area contributed by atoms with Crippen molar-refractivity contribution in [3.63, 3.8) is 0 Å². The van der Waals surface area contributed by atoms with Gasteiger partial charge in [-0.05, 0) is 24.6 Å². The third kappa shape index (κ3) is 3.69. The SMILES string of the molecule is CCN(C)c1nc(N)c(C(=O)NCc2cccc(F)c2)s1. The second-order valence-electron chi connectivity index (χ2n) is 4.54. The maximum Gasteiger partial charge on any atom is 0.265 e. The number of benzene rings is 1. The van der Waals surface area contributed by atoms with Crippen LogP contribution in [0.1, 0.15) is 22.2 Å². The highest BCUT2D eigenvalue weighted by Gasteiger charge is 2.17. The Hall–Kier alpha value is -2.15. The van der Waals surface area contributed by atoms with Crippen LogP contribution >= 0.6 is 11.3 Å². The number of amides is 1. The topological polar surface area (TPSA) is 71.2 Å². The first-order valence-electron chi connectivity index (χ1n) is 6.51. The summed E-state index contributed by atoms with van der Waals surface area (Å²) in [5.41, 5.74) is 6.47. The largest absolute Gasteiger partial charge is 0.382 e. The van der Waals surface area contributed by atoms with Crippen molar-refractivity contribution in [2.24, 2.45) is 0 Å². The van der Waals surface area contributed by atoms with Crippen molar-refractivity contribution < 1.29 is 9.18 Å². The normalized spacial score (nSPS) is 10.4. The van der Waals surface area contributed by atoms with Crippen molar-refractivity contribution in [1.29, 1.82) is 0 Å². The summed E-state index contributed by atoms with van der Waals surface area (Å²) in [7, 11) is 1.88. The van der Waals surface area contributed by atoms with E-state index in [2.05, 4.69) is 10.3 Å². The average molecular weight is 308 g/mol. The molecule has 1 aromatic heterocycles. The maximum atomic E-state index is 13.1. The van der Waals surface area contributed by atoms with E-state index in [9.17, 15) is 9.18 Å². The third-order valence-electron chi connectivity index (χ3n) is 2.99. The molecule has 2 aromatic rings. The van der Waals surface area contributed by atoms with Gasteiger partial charge in [0.15, 0.2) is 5.13 Å². The van der Waals surface area contributed by atoms with Crippen LogP contribution in [-0.2, 0) is 6.54 Å². The Morgan fingerprint density at radius 2 is 2.29 bits per heavy atom. The lowest BCUT2D eigenvalue weighted by Gasteiger charge is -2.10. The van der Waals surface area contributed by atoms with Gasteiger partial charge in [-0.1, -0.05) is 23.5 Å². The molecule has 1 amide bonds. The maximum absolute atomic E-state index is 13.1. The summed E-state index contributed by atoms with van der Waals surface area (Å²) in [6.07, 6.45) is 0.